The molecule has 0 aliphatic heterocycles. The van der Waals surface area contributed by atoms with Crippen LogP contribution in [0.5, 0.6) is 0 Å². The van der Waals surface area contributed by atoms with Gasteiger partial charge in [0.1, 0.15) is 0 Å². The summed E-state index contributed by atoms with van der Waals surface area (Å²) in [7, 11) is 0. The first-order chi connectivity index (χ1) is 12.8. The molecule has 28 heavy (non-hydrogen) atoms. The van der Waals surface area contributed by atoms with E-state index >= 15 is 0 Å². The van der Waals surface area contributed by atoms with E-state index in [-0.39, 0.29) is 12.4 Å². The Morgan fingerprint density at radius 1 is 0.893 bits per heavy atom. The third-order valence-corrected chi connectivity index (χ3v) is 5.94. The van der Waals surface area contributed by atoms with Gasteiger partial charge >= 0.3 is 0 Å². The zero-order valence-electron chi connectivity index (χ0n) is 17.9. The quantitative estimate of drug-likeness (QED) is 0.455. The zero-order chi connectivity index (χ0) is 19.7. The number of anilines is 2. The highest BCUT2D eigenvalue weighted by molar-refractivity contribution is 7.16. The summed E-state index contributed by atoms with van der Waals surface area (Å²) < 4.78 is 0. The molecule has 2 aromatic carbocycles. The SMILES string of the molecule is Cc1ccc(C)c(Nc2nc(-c3ccc(C(C)C)cc3C(C)C)c(C)s2)c1.Cl. The second-order valence-electron chi connectivity index (χ2n) is 8.02. The van der Waals surface area contributed by atoms with Crippen LogP contribution in [-0.4, -0.2) is 4.98 Å². The monoisotopic (exact) mass is 414 g/mol. The van der Waals surface area contributed by atoms with Crippen molar-refractivity contribution in [3.05, 3.63) is 63.5 Å². The number of rotatable bonds is 5. The minimum Gasteiger partial charge on any atom is -0.331 e. The lowest BCUT2D eigenvalue weighted by Crippen LogP contribution is -1.98. The molecule has 0 atom stereocenters. The molecule has 0 unspecified atom stereocenters. The smallest absolute Gasteiger partial charge is 0.187 e. The molecule has 0 saturated carbocycles. The van der Waals surface area contributed by atoms with Crippen LogP contribution < -0.4 is 5.32 Å². The highest BCUT2D eigenvalue weighted by Crippen LogP contribution is 2.37. The Morgan fingerprint density at radius 2 is 1.61 bits per heavy atom. The van der Waals surface area contributed by atoms with E-state index < -0.39 is 0 Å². The number of aromatic nitrogens is 1. The topological polar surface area (TPSA) is 24.9 Å². The molecule has 3 aromatic rings. The van der Waals surface area contributed by atoms with E-state index in [0.29, 0.717) is 11.8 Å². The van der Waals surface area contributed by atoms with Gasteiger partial charge in [-0.3, -0.25) is 0 Å². The van der Waals surface area contributed by atoms with Gasteiger partial charge in [0.2, 0.25) is 0 Å². The summed E-state index contributed by atoms with van der Waals surface area (Å²) in [5.41, 5.74) is 8.76. The maximum atomic E-state index is 4.97. The van der Waals surface area contributed by atoms with Crippen LogP contribution in [0.4, 0.5) is 10.8 Å². The average molecular weight is 415 g/mol. The molecule has 0 radical (unpaired) electrons. The Hall–Kier alpha value is -1.84. The lowest BCUT2D eigenvalue weighted by molar-refractivity contribution is 0.835. The molecule has 0 aliphatic rings. The number of halogens is 1. The van der Waals surface area contributed by atoms with E-state index in [9.17, 15) is 0 Å². The van der Waals surface area contributed by atoms with Gasteiger partial charge in [0.25, 0.3) is 0 Å². The highest BCUT2D eigenvalue weighted by atomic mass is 35.5. The molecule has 3 rings (SSSR count). The van der Waals surface area contributed by atoms with Crippen molar-refractivity contribution in [3.63, 3.8) is 0 Å². The fourth-order valence-electron chi connectivity index (χ4n) is 3.32. The van der Waals surface area contributed by atoms with Crippen molar-refractivity contribution in [1.82, 2.24) is 4.98 Å². The van der Waals surface area contributed by atoms with Gasteiger partial charge in [0, 0.05) is 16.1 Å². The lowest BCUT2D eigenvalue weighted by atomic mass is 9.90. The van der Waals surface area contributed by atoms with E-state index in [4.69, 9.17) is 4.98 Å². The first-order valence-electron chi connectivity index (χ1n) is 9.72. The van der Waals surface area contributed by atoms with Gasteiger partial charge in [-0.25, -0.2) is 4.98 Å². The van der Waals surface area contributed by atoms with Gasteiger partial charge in [-0.2, -0.15) is 0 Å². The standard InChI is InChI=1S/C24H30N2S.ClH/c1-14(2)19-10-11-20(21(13-19)15(3)4)23-18(7)27-24(26-23)25-22-12-16(5)8-9-17(22)6;/h8-15H,1-7H3,(H,25,26);1H. The van der Waals surface area contributed by atoms with Crippen molar-refractivity contribution in [2.24, 2.45) is 0 Å². The predicted octanol–water partition coefficient (Wildman–Crippen LogP) is 8.15. The zero-order valence-corrected chi connectivity index (χ0v) is 19.5. The van der Waals surface area contributed by atoms with Crippen LogP contribution in [-0.2, 0) is 0 Å². The highest BCUT2D eigenvalue weighted by Gasteiger charge is 2.17. The molecule has 1 aromatic heterocycles. The van der Waals surface area contributed by atoms with Gasteiger partial charge in [-0.1, -0.05) is 58.0 Å². The summed E-state index contributed by atoms with van der Waals surface area (Å²) >= 11 is 1.73. The summed E-state index contributed by atoms with van der Waals surface area (Å²) in [5.74, 6) is 1.00. The Bertz CT molecular complexity index is 957. The van der Waals surface area contributed by atoms with E-state index in [2.05, 4.69) is 90.2 Å². The molecule has 1 heterocycles. The molecule has 0 bridgehead atoms. The van der Waals surface area contributed by atoms with Crippen LogP contribution in [0, 0.1) is 20.8 Å². The van der Waals surface area contributed by atoms with Gasteiger partial charge in [-0.15, -0.1) is 23.7 Å². The van der Waals surface area contributed by atoms with Gasteiger partial charge in [-0.05, 0) is 60.9 Å². The van der Waals surface area contributed by atoms with E-state index in [1.165, 1.54) is 32.7 Å². The molecule has 0 saturated heterocycles. The van der Waals surface area contributed by atoms with Gasteiger partial charge < -0.3 is 5.32 Å². The Kier molecular flexibility index (Phi) is 7.30. The molecule has 1 N–H and O–H groups in total. The summed E-state index contributed by atoms with van der Waals surface area (Å²) in [6.45, 7) is 15.4. The van der Waals surface area contributed by atoms with Crippen molar-refractivity contribution >= 4 is 34.6 Å². The molecule has 0 spiro atoms. The number of nitrogens with zero attached hydrogens (tertiary/aromatic N) is 1. The maximum absolute atomic E-state index is 4.97. The second kappa shape index (κ2) is 9.11. The van der Waals surface area contributed by atoms with Crippen molar-refractivity contribution in [1.29, 1.82) is 0 Å². The second-order valence-corrected chi connectivity index (χ2v) is 9.23. The summed E-state index contributed by atoms with van der Waals surface area (Å²) in [6.07, 6.45) is 0. The number of nitrogens with one attached hydrogen (secondary N) is 1. The molecule has 0 fully saturated rings. The number of benzene rings is 2. The van der Waals surface area contributed by atoms with E-state index in [1.54, 1.807) is 11.3 Å². The van der Waals surface area contributed by atoms with Crippen LogP contribution in [0.1, 0.15) is 66.7 Å². The van der Waals surface area contributed by atoms with E-state index in [1.807, 2.05) is 0 Å². The number of aryl methyl sites for hydroxylation is 3. The van der Waals surface area contributed by atoms with Gasteiger partial charge in [0.05, 0.1) is 5.69 Å². The average Bonchev–Trinajstić information content (AvgIpc) is 2.97. The molecule has 0 aliphatic carbocycles. The van der Waals surface area contributed by atoms with Crippen molar-refractivity contribution in [2.45, 2.75) is 60.3 Å². The Balaban J connectivity index is 0.00000280. The summed E-state index contributed by atoms with van der Waals surface area (Å²) in [5, 5.41) is 4.49. The first-order valence-corrected chi connectivity index (χ1v) is 10.5. The molecule has 4 heteroatoms. The largest absolute Gasteiger partial charge is 0.331 e. The molecular formula is C24H31ClN2S. The van der Waals surface area contributed by atoms with Crippen LogP contribution in [0.2, 0.25) is 0 Å². The molecule has 2 nitrogen and oxygen atoms in total. The first kappa shape index (κ1) is 22.4. The van der Waals surface area contributed by atoms with Crippen LogP contribution in [0.25, 0.3) is 11.3 Å². The summed E-state index contributed by atoms with van der Waals surface area (Å²) in [6, 6.07) is 13.4. The maximum Gasteiger partial charge on any atom is 0.187 e. The minimum atomic E-state index is 0. The molecular weight excluding hydrogens is 384 g/mol. The minimum absolute atomic E-state index is 0. The number of hydrogen-bond donors (Lipinski definition) is 1. The van der Waals surface area contributed by atoms with Gasteiger partial charge in [0.15, 0.2) is 5.13 Å². The van der Waals surface area contributed by atoms with E-state index in [0.717, 1.165) is 16.5 Å². The van der Waals surface area contributed by atoms with Crippen LogP contribution in [0.15, 0.2) is 36.4 Å². The number of thiazole rings is 1. The molecule has 150 valence electrons. The third-order valence-electron chi connectivity index (χ3n) is 5.05. The van der Waals surface area contributed by atoms with Crippen molar-refractivity contribution < 1.29 is 0 Å². The Morgan fingerprint density at radius 3 is 2.25 bits per heavy atom. The lowest BCUT2D eigenvalue weighted by Gasteiger charge is -2.16. The predicted molar refractivity (Wildman–Crippen MR) is 127 cm³/mol. The fourth-order valence-corrected chi connectivity index (χ4v) is 4.16. The van der Waals surface area contributed by atoms with Crippen molar-refractivity contribution in [3.8, 4) is 11.3 Å². The summed E-state index contributed by atoms with van der Waals surface area (Å²) in [4.78, 5) is 6.22. The van der Waals surface area contributed by atoms with Crippen LogP contribution >= 0.6 is 23.7 Å². The normalized spacial score (nSPS) is 11.0. The number of hydrogen-bond acceptors (Lipinski definition) is 3. The molecule has 0 amide bonds. The van der Waals surface area contributed by atoms with Crippen LogP contribution in [0.3, 0.4) is 0 Å². The Labute approximate surface area is 179 Å². The van der Waals surface area contributed by atoms with Crippen molar-refractivity contribution in [2.75, 3.05) is 5.32 Å². The fraction of sp³-hybridized carbons (Fsp3) is 0.375. The third kappa shape index (κ3) is 4.76.